The Kier molecular flexibility index (Phi) is 4.39. The first-order valence-electron chi connectivity index (χ1n) is 10.1. The number of hydrogen-bond acceptors (Lipinski definition) is 8. The van der Waals surface area contributed by atoms with Gasteiger partial charge in [0.2, 0.25) is 0 Å². The van der Waals surface area contributed by atoms with Gasteiger partial charge in [-0.1, -0.05) is 11.6 Å². The molecule has 4 aromatic rings. The lowest BCUT2D eigenvalue weighted by atomic mass is 9.96. The van der Waals surface area contributed by atoms with Crippen molar-refractivity contribution in [3.8, 4) is 11.3 Å². The summed E-state index contributed by atoms with van der Waals surface area (Å²) >= 11 is 8.09. The van der Waals surface area contributed by atoms with Gasteiger partial charge in [-0.15, -0.1) is 11.3 Å². The van der Waals surface area contributed by atoms with Crippen LogP contribution in [0.5, 0.6) is 0 Å². The van der Waals surface area contributed by atoms with E-state index in [1.54, 1.807) is 5.51 Å². The van der Waals surface area contributed by atoms with E-state index in [0.29, 0.717) is 51.8 Å². The zero-order chi connectivity index (χ0) is 21.3. The molecule has 2 bridgehead atoms. The zero-order valence-electron chi connectivity index (χ0n) is 16.3. The van der Waals surface area contributed by atoms with Crippen LogP contribution >= 0.6 is 22.9 Å². The molecular formula is C20H19ClFN7OS. The van der Waals surface area contributed by atoms with Crippen LogP contribution in [0.25, 0.3) is 32.6 Å². The largest absolute Gasteiger partial charge is 0.390 e. The smallest absolute Gasteiger partial charge is 0.177 e. The molecule has 6 rings (SSSR count). The van der Waals surface area contributed by atoms with Crippen LogP contribution < -0.4 is 10.6 Å². The second kappa shape index (κ2) is 7.06. The van der Waals surface area contributed by atoms with Crippen molar-refractivity contribution in [2.45, 2.75) is 50.2 Å². The predicted molar refractivity (Wildman–Crippen MR) is 118 cm³/mol. The van der Waals surface area contributed by atoms with Gasteiger partial charge in [0.1, 0.15) is 23.1 Å². The van der Waals surface area contributed by atoms with Crippen LogP contribution in [-0.2, 0) is 6.61 Å². The van der Waals surface area contributed by atoms with Gasteiger partial charge >= 0.3 is 0 Å². The molecule has 5 heterocycles. The minimum Gasteiger partial charge on any atom is -0.390 e. The highest BCUT2D eigenvalue weighted by molar-refractivity contribution is 7.17. The third kappa shape index (κ3) is 2.78. The Morgan fingerprint density at radius 3 is 3.03 bits per heavy atom. The molecule has 8 nitrogen and oxygen atoms in total. The first-order valence-corrected chi connectivity index (χ1v) is 11.4. The molecular weight excluding hydrogens is 441 g/mol. The summed E-state index contributed by atoms with van der Waals surface area (Å²) in [6.07, 6.45) is 0.983. The van der Waals surface area contributed by atoms with E-state index >= 15 is 0 Å². The summed E-state index contributed by atoms with van der Waals surface area (Å²) in [5.41, 5.74) is 11.2. The molecule has 0 saturated carbocycles. The lowest BCUT2D eigenvalue weighted by Crippen LogP contribution is -2.56. The fraction of sp³-hybridized carbons (Fsp3) is 0.400. The Hall–Kier alpha value is -2.40. The molecule has 31 heavy (non-hydrogen) atoms. The number of aliphatic hydroxyl groups excluding tert-OH is 1. The van der Waals surface area contributed by atoms with E-state index in [-0.39, 0.29) is 18.7 Å². The molecule has 2 aliphatic heterocycles. The normalized spacial score (nSPS) is 25.7. The second-order valence-electron chi connectivity index (χ2n) is 8.10. The minimum absolute atomic E-state index is 0.0922. The maximum Gasteiger partial charge on any atom is 0.177 e. The van der Waals surface area contributed by atoms with E-state index in [1.807, 2.05) is 17.0 Å². The number of aromatic nitrogens is 5. The van der Waals surface area contributed by atoms with Gasteiger partial charge in [-0.3, -0.25) is 5.10 Å². The highest BCUT2D eigenvalue weighted by atomic mass is 35.5. The number of H-pyrrole nitrogens is 1. The number of rotatable bonds is 3. The average Bonchev–Trinajstić information content (AvgIpc) is 3.48. The van der Waals surface area contributed by atoms with Crippen molar-refractivity contribution in [1.29, 1.82) is 0 Å². The van der Waals surface area contributed by atoms with Gasteiger partial charge < -0.3 is 15.7 Å². The third-order valence-corrected chi connectivity index (χ3v) is 7.76. The Morgan fingerprint density at radius 1 is 1.32 bits per heavy atom. The van der Waals surface area contributed by atoms with E-state index in [4.69, 9.17) is 22.3 Å². The van der Waals surface area contributed by atoms with E-state index in [0.717, 1.165) is 16.6 Å². The summed E-state index contributed by atoms with van der Waals surface area (Å²) in [5, 5.41) is 18.0. The van der Waals surface area contributed by atoms with Crippen molar-refractivity contribution >= 4 is 50.1 Å². The highest BCUT2D eigenvalue weighted by Crippen LogP contribution is 2.42. The first kappa shape index (κ1) is 19.3. The van der Waals surface area contributed by atoms with Crippen LogP contribution in [0, 0.1) is 0 Å². The lowest BCUT2D eigenvalue weighted by Gasteiger charge is -2.41. The fourth-order valence-corrected chi connectivity index (χ4v) is 6.07. The molecule has 0 radical (unpaired) electrons. The molecule has 2 aliphatic rings. The van der Waals surface area contributed by atoms with Crippen molar-refractivity contribution in [2.75, 3.05) is 4.90 Å². The van der Waals surface area contributed by atoms with Crippen LogP contribution in [0.3, 0.4) is 0 Å². The average molecular weight is 460 g/mol. The summed E-state index contributed by atoms with van der Waals surface area (Å²) in [5.74, 6) is 0.497. The van der Waals surface area contributed by atoms with Gasteiger partial charge in [0.15, 0.2) is 11.5 Å². The van der Waals surface area contributed by atoms with Crippen LogP contribution in [0.2, 0.25) is 5.02 Å². The highest BCUT2D eigenvalue weighted by Gasteiger charge is 2.48. The topological polar surface area (TPSA) is 117 Å². The van der Waals surface area contributed by atoms with Crippen molar-refractivity contribution in [1.82, 2.24) is 25.1 Å². The van der Waals surface area contributed by atoms with Crippen molar-refractivity contribution in [2.24, 2.45) is 5.73 Å². The molecule has 11 heteroatoms. The molecule has 0 amide bonds. The molecule has 4 N–H and O–H groups in total. The van der Waals surface area contributed by atoms with Crippen LogP contribution in [0.15, 0.2) is 17.6 Å². The van der Waals surface area contributed by atoms with Crippen molar-refractivity contribution < 1.29 is 9.50 Å². The Bertz CT molecular complexity index is 1310. The summed E-state index contributed by atoms with van der Waals surface area (Å²) in [6.45, 7) is -0.316. The third-order valence-electron chi connectivity index (χ3n) is 6.40. The predicted octanol–water partition coefficient (Wildman–Crippen LogP) is 3.18. The Balaban J connectivity index is 1.49. The molecule has 1 aromatic carbocycles. The summed E-state index contributed by atoms with van der Waals surface area (Å²) in [7, 11) is 0. The molecule has 3 aromatic heterocycles. The number of halogens is 2. The molecule has 0 spiro atoms. The number of benzene rings is 1. The van der Waals surface area contributed by atoms with Crippen molar-refractivity contribution in [3.05, 3.63) is 28.4 Å². The summed E-state index contributed by atoms with van der Waals surface area (Å²) in [6, 6.07) is 3.02. The second-order valence-corrected chi connectivity index (χ2v) is 9.33. The lowest BCUT2D eigenvalue weighted by molar-refractivity contribution is 0.202. The Labute approximate surface area is 185 Å². The van der Waals surface area contributed by atoms with E-state index in [2.05, 4.69) is 20.2 Å². The van der Waals surface area contributed by atoms with Crippen LogP contribution in [0.4, 0.5) is 10.2 Å². The summed E-state index contributed by atoms with van der Waals surface area (Å²) < 4.78 is 15.7. The van der Waals surface area contributed by atoms with E-state index < -0.39 is 12.2 Å². The SMILES string of the molecule is N[C@H]1C[C@@H]2CC[C@H]([C@H]1F)N2c1nc2[nH]nc(-c3ccc4ncsc4c3Cl)c2nc1CO. The van der Waals surface area contributed by atoms with E-state index in [9.17, 15) is 9.50 Å². The minimum atomic E-state index is -1.13. The van der Waals surface area contributed by atoms with Gasteiger partial charge in [-0.25, -0.2) is 19.3 Å². The summed E-state index contributed by atoms with van der Waals surface area (Å²) in [4.78, 5) is 15.7. The number of fused-ring (bicyclic) bond motifs is 4. The van der Waals surface area contributed by atoms with Gasteiger partial charge in [0, 0.05) is 17.6 Å². The number of thiazole rings is 1. The number of hydrogen-bond donors (Lipinski definition) is 3. The number of piperidine rings is 1. The fourth-order valence-electron chi connectivity index (χ4n) is 4.96. The number of anilines is 1. The monoisotopic (exact) mass is 459 g/mol. The quantitative estimate of drug-likeness (QED) is 0.430. The number of aliphatic hydroxyl groups is 1. The number of aromatic amines is 1. The van der Waals surface area contributed by atoms with Gasteiger partial charge in [0.05, 0.1) is 33.4 Å². The van der Waals surface area contributed by atoms with Crippen molar-refractivity contribution in [3.63, 3.8) is 0 Å². The molecule has 160 valence electrons. The van der Waals surface area contributed by atoms with Crippen LogP contribution in [-0.4, -0.2) is 54.6 Å². The van der Waals surface area contributed by atoms with Gasteiger partial charge in [-0.2, -0.15) is 5.10 Å². The molecule has 4 atom stereocenters. The van der Waals surface area contributed by atoms with E-state index in [1.165, 1.54) is 11.3 Å². The zero-order valence-corrected chi connectivity index (χ0v) is 17.9. The van der Waals surface area contributed by atoms with Gasteiger partial charge in [-0.05, 0) is 31.4 Å². The van der Waals surface area contributed by atoms with Crippen LogP contribution in [0.1, 0.15) is 25.0 Å². The Morgan fingerprint density at radius 2 is 2.19 bits per heavy atom. The maximum atomic E-state index is 14.8. The first-order chi connectivity index (χ1) is 15.1. The number of nitrogens with zero attached hydrogens (tertiary/aromatic N) is 5. The molecule has 2 saturated heterocycles. The number of nitrogens with two attached hydrogens (primary N) is 1. The maximum absolute atomic E-state index is 14.8. The number of nitrogens with one attached hydrogen (secondary N) is 1. The van der Waals surface area contributed by atoms with Gasteiger partial charge in [0.25, 0.3) is 0 Å². The molecule has 0 unspecified atom stereocenters. The number of alkyl halides is 1. The molecule has 2 fully saturated rings. The molecule has 0 aliphatic carbocycles. The standard InChI is InChI=1S/C20H19ClFN7OS/c21-14-9(2-3-11-18(14)31-7-24-11)16-17-19(28-27-16)26-20(12(6-30)25-17)29-8-1-4-13(29)15(22)10(23)5-8/h2-3,7-8,10,13,15,30H,1,4-6,23H2,(H,26,27,28)/t8-,10-,13+,15-/m0/s1.